The Morgan fingerprint density at radius 3 is 1.45 bits per heavy atom. The van der Waals surface area contributed by atoms with Crippen molar-refractivity contribution in [3.8, 4) is 0 Å². The highest BCUT2D eigenvalue weighted by atomic mass is 16.2. The van der Waals surface area contributed by atoms with Gasteiger partial charge in [-0.25, -0.2) is 0 Å². The van der Waals surface area contributed by atoms with Gasteiger partial charge in [0.25, 0.3) is 11.8 Å². The van der Waals surface area contributed by atoms with Gasteiger partial charge < -0.3 is 22.1 Å². The van der Waals surface area contributed by atoms with Crippen molar-refractivity contribution in [2.45, 2.75) is 70.9 Å². The van der Waals surface area contributed by atoms with Crippen LogP contribution in [-0.2, 0) is 22.3 Å². The predicted octanol–water partition coefficient (Wildman–Crippen LogP) is 8.29. The lowest BCUT2D eigenvalue weighted by molar-refractivity contribution is -0.117. The van der Waals surface area contributed by atoms with Crippen LogP contribution < -0.4 is 22.1 Å². The van der Waals surface area contributed by atoms with Gasteiger partial charge in [-0.2, -0.15) is 0 Å². The van der Waals surface area contributed by atoms with E-state index in [9.17, 15) is 19.2 Å². The van der Waals surface area contributed by atoms with Gasteiger partial charge in [0, 0.05) is 16.7 Å². The monoisotopic (exact) mass is 732 g/mol. The molecule has 0 aromatic heterocycles. The van der Waals surface area contributed by atoms with Crippen molar-refractivity contribution in [2.24, 2.45) is 11.5 Å². The van der Waals surface area contributed by atoms with Gasteiger partial charge in [-0.3, -0.25) is 19.2 Å². The molecule has 0 spiro atoms. The lowest BCUT2D eigenvalue weighted by Crippen LogP contribution is -2.35. The summed E-state index contributed by atoms with van der Waals surface area (Å²) < 4.78 is 0. The molecule has 6 N–H and O–H groups in total. The molecule has 0 bridgehead atoms. The van der Waals surface area contributed by atoms with Crippen LogP contribution >= 0.6 is 0 Å². The lowest BCUT2D eigenvalue weighted by atomic mass is 9.96. The van der Waals surface area contributed by atoms with Gasteiger partial charge in [0.1, 0.15) is 0 Å². The van der Waals surface area contributed by atoms with E-state index in [4.69, 9.17) is 11.5 Å². The van der Waals surface area contributed by atoms with E-state index in [1.807, 2.05) is 76.2 Å². The van der Waals surface area contributed by atoms with E-state index >= 15 is 0 Å². The maximum Gasteiger partial charge on any atom is 0.252 e. The second-order valence-electron chi connectivity index (χ2n) is 14.3. The molecule has 0 atom stereocenters. The number of benzene rings is 6. The first kappa shape index (κ1) is 38.4. The number of amides is 4. The molecule has 0 heterocycles. The van der Waals surface area contributed by atoms with Crippen molar-refractivity contribution in [1.82, 2.24) is 10.6 Å². The Bertz CT molecular complexity index is 2420. The van der Waals surface area contributed by atoms with E-state index in [0.717, 1.165) is 58.7 Å². The highest BCUT2D eigenvalue weighted by molar-refractivity contribution is 6.01. The predicted molar refractivity (Wildman–Crippen MR) is 220 cm³/mol. The fourth-order valence-electron chi connectivity index (χ4n) is 7.27. The zero-order valence-corrected chi connectivity index (χ0v) is 31.9. The third-order valence-corrected chi connectivity index (χ3v) is 10.5. The minimum absolute atomic E-state index is 0.107. The number of aryl methyl sites for hydroxylation is 2. The van der Waals surface area contributed by atoms with E-state index in [1.54, 1.807) is 24.3 Å². The van der Waals surface area contributed by atoms with Crippen molar-refractivity contribution >= 4 is 45.2 Å². The molecule has 8 rings (SSSR count). The SMILES string of the molecule is CC.Cc1ccc(C(N)=O)cc1C(=O)NC1(c2cccc3ccccc23)CC1.Cc1ccc(CC(N)=O)cc1C(=O)NC1(c2cccc3ccccc23)CC1. The molecule has 4 amide bonds. The van der Waals surface area contributed by atoms with Crippen LogP contribution in [0.1, 0.15) is 98.4 Å². The fourth-order valence-corrected chi connectivity index (χ4v) is 7.27. The summed E-state index contributed by atoms with van der Waals surface area (Å²) in [5.74, 6) is -1.21. The maximum absolute atomic E-state index is 13.0. The largest absolute Gasteiger partial charge is 0.369 e. The topological polar surface area (TPSA) is 144 Å². The number of carbonyl (C=O) groups excluding carboxylic acids is 4. The number of hydrogen-bond acceptors (Lipinski definition) is 4. The third kappa shape index (κ3) is 8.29. The number of nitrogens with two attached hydrogens (primary N) is 2. The van der Waals surface area contributed by atoms with Gasteiger partial charge >= 0.3 is 0 Å². The van der Waals surface area contributed by atoms with Crippen molar-refractivity contribution in [2.75, 3.05) is 0 Å². The van der Waals surface area contributed by atoms with E-state index in [-0.39, 0.29) is 29.3 Å². The zero-order valence-electron chi connectivity index (χ0n) is 31.9. The molecule has 2 saturated carbocycles. The third-order valence-electron chi connectivity index (χ3n) is 10.5. The van der Waals surface area contributed by atoms with Crippen LogP contribution in [0.25, 0.3) is 21.5 Å². The Morgan fingerprint density at radius 1 is 0.564 bits per heavy atom. The van der Waals surface area contributed by atoms with Crippen molar-refractivity contribution < 1.29 is 19.2 Å². The number of carbonyl (C=O) groups is 4. The van der Waals surface area contributed by atoms with Crippen molar-refractivity contribution in [1.29, 1.82) is 0 Å². The van der Waals surface area contributed by atoms with Crippen LogP contribution in [0.5, 0.6) is 0 Å². The van der Waals surface area contributed by atoms with Crippen LogP contribution in [0.2, 0.25) is 0 Å². The Labute approximate surface area is 322 Å². The second-order valence-corrected chi connectivity index (χ2v) is 14.3. The quantitative estimate of drug-likeness (QED) is 0.119. The van der Waals surface area contributed by atoms with E-state index in [2.05, 4.69) is 59.2 Å². The van der Waals surface area contributed by atoms with Gasteiger partial charge in [-0.1, -0.05) is 117 Å². The van der Waals surface area contributed by atoms with E-state index in [1.165, 1.54) is 16.3 Å². The molecule has 6 aromatic carbocycles. The molecule has 2 aliphatic carbocycles. The van der Waals surface area contributed by atoms with Crippen LogP contribution in [0.4, 0.5) is 0 Å². The summed E-state index contributed by atoms with van der Waals surface area (Å²) in [6.45, 7) is 7.76. The molecule has 6 aromatic rings. The van der Waals surface area contributed by atoms with Crippen LogP contribution in [-0.4, -0.2) is 23.6 Å². The second kappa shape index (κ2) is 16.0. The Hall–Kier alpha value is -6.28. The Balaban J connectivity index is 0.000000179. The van der Waals surface area contributed by atoms with Crippen LogP contribution in [0.3, 0.4) is 0 Å². The minimum atomic E-state index is -0.533. The summed E-state index contributed by atoms with van der Waals surface area (Å²) in [7, 11) is 0. The zero-order chi connectivity index (χ0) is 39.3. The molecule has 0 aliphatic heterocycles. The van der Waals surface area contributed by atoms with E-state index < -0.39 is 11.8 Å². The molecule has 2 aliphatic rings. The molecule has 8 nitrogen and oxygen atoms in total. The number of rotatable bonds is 9. The first-order valence-corrected chi connectivity index (χ1v) is 18.9. The molecule has 8 heteroatoms. The molecule has 55 heavy (non-hydrogen) atoms. The summed E-state index contributed by atoms with van der Waals surface area (Å²) in [6.07, 6.45) is 3.79. The molecular formula is C47H48N4O4. The van der Waals surface area contributed by atoms with Crippen LogP contribution in [0, 0.1) is 13.8 Å². The highest BCUT2D eigenvalue weighted by Gasteiger charge is 2.47. The summed E-state index contributed by atoms with van der Waals surface area (Å²) in [6, 6.07) is 39.4. The Kier molecular flexibility index (Phi) is 11.2. The van der Waals surface area contributed by atoms with Crippen LogP contribution in [0.15, 0.2) is 121 Å². The fraction of sp³-hybridized carbons (Fsp3) is 0.234. The standard InChI is InChI=1S/C23H22N2O2.C22H20N2O2.C2H6/c1-15-9-10-16(14-21(24)26)13-19(15)22(27)25-23(11-12-23)20-8-4-6-17-5-2-3-7-18(17)20;1-14-9-10-16(20(23)25)13-18(14)21(26)24-22(11-12-22)19-8-4-6-15-5-2-3-7-17(15)19;1-2/h2-10,13H,11-12,14H2,1H3,(H2,24,26)(H,25,27);2-10,13H,11-12H2,1H3,(H2,23,25)(H,24,26);1-2H3. The molecular weight excluding hydrogens is 685 g/mol. The maximum atomic E-state index is 13.0. The number of hydrogen-bond donors (Lipinski definition) is 4. The molecule has 0 unspecified atom stereocenters. The molecule has 0 radical (unpaired) electrons. The van der Waals surface area contributed by atoms with Gasteiger partial charge in [0.15, 0.2) is 0 Å². The number of nitrogens with one attached hydrogen (secondary N) is 2. The first-order valence-electron chi connectivity index (χ1n) is 18.9. The summed E-state index contributed by atoms with van der Waals surface area (Å²) in [4.78, 5) is 48.6. The highest BCUT2D eigenvalue weighted by Crippen LogP contribution is 2.49. The molecule has 280 valence electrons. The average Bonchev–Trinajstić information content (AvgIpc) is 4.14. The van der Waals surface area contributed by atoms with Gasteiger partial charge in [-0.15, -0.1) is 0 Å². The smallest absolute Gasteiger partial charge is 0.252 e. The van der Waals surface area contributed by atoms with Gasteiger partial charge in [-0.05, 0) is 107 Å². The molecule has 0 saturated heterocycles. The van der Waals surface area contributed by atoms with E-state index in [0.29, 0.717) is 16.7 Å². The number of primary amides is 2. The van der Waals surface area contributed by atoms with Crippen molar-refractivity contribution in [3.05, 3.63) is 166 Å². The molecule has 2 fully saturated rings. The van der Waals surface area contributed by atoms with Crippen molar-refractivity contribution in [3.63, 3.8) is 0 Å². The summed E-state index contributed by atoms with van der Waals surface area (Å²) in [5.41, 5.74) is 16.2. The normalized spacial score (nSPS) is 14.3. The first-order chi connectivity index (χ1) is 26.5. The average molecular weight is 733 g/mol. The lowest BCUT2D eigenvalue weighted by Gasteiger charge is -2.21. The number of fused-ring (bicyclic) bond motifs is 2. The van der Waals surface area contributed by atoms with Gasteiger partial charge in [0.05, 0.1) is 17.5 Å². The Morgan fingerprint density at radius 2 is 1.00 bits per heavy atom. The summed E-state index contributed by atoms with van der Waals surface area (Å²) >= 11 is 0. The minimum Gasteiger partial charge on any atom is -0.369 e. The van der Waals surface area contributed by atoms with Gasteiger partial charge in [0.2, 0.25) is 11.8 Å². The summed E-state index contributed by atoms with van der Waals surface area (Å²) in [5, 5.41) is 11.1.